The van der Waals surface area contributed by atoms with E-state index in [2.05, 4.69) is 32.9 Å². The van der Waals surface area contributed by atoms with Gasteiger partial charge in [0.25, 0.3) is 0 Å². The van der Waals surface area contributed by atoms with Crippen LogP contribution in [-0.2, 0) is 6.42 Å². The van der Waals surface area contributed by atoms with E-state index in [1.807, 2.05) is 6.07 Å². The summed E-state index contributed by atoms with van der Waals surface area (Å²) in [5, 5.41) is 30.5. The maximum atomic E-state index is 12.7. The van der Waals surface area contributed by atoms with E-state index < -0.39 is 6.10 Å². The Morgan fingerprint density at radius 2 is 1.84 bits per heavy atom. The van der Waals surface area contributed by atoms with Gasteiger partial charge in [-0.05, 0) is 70.2 Å². The second-order valence-corrected chi connectivity index (χ2v) is 8.44. The minimum absolute atomic E-state index is 0.0760. The van der Waals surface area contributed by atoms with Crippen LogP contribution in [0.4, 0.5) is 0 Å². The summed E-state index contributed by atoms with van der Waals surface area (Å²) in [6.45, 7) is 7.80. The fourth-order valence-electron chi connectivity index (χ4n) is 3.69. The minimum atomic E-state index is -0.552. The zero-order valence-corrected chi connectivity index (χ0v) is 18.5. The molecule has 0 bridgehead atoms. The van der Waals surface area contributed by atoms with Crippen molar-refractivity contribution in [1.82, 2.24) is 0 Å². The Morgan fingerprint density at radius 1 is 1.10 bits per heavy atom. The van der Waals surface area contributed by atoms with Crippen LogP contribution in [0.15, 0.2) is 47.6 Å². The highest BCUT2D eigenvalue weighted by atomic mass is 16.5. The van der Waals surface area contributed by atoms with E-state index in [-0.39, 0.29) is 46.3 Å². The van der Waals surface area contributed by atoms with E-state index in [1.165, 1.54) is 17.2 Å². The van der Waals surface area contributed by atoms with Crippen LogP contribution in [0.1, 0.15) is 73.2 Å². The van der Waals surface area contributed by atoms with Gasteiger partial charge in [-0.2, -0.15) is 0 Å². The molecule has 0 aromatic heterocycles. The van der Waals surface area contributed by atoms with Gasteiger partial charge in [0.2, 0.25) is 0 Å². The minimum Gasteiger partial charge on any atom is -0.508 e. The van der Waals surface area contributed by atoms with Crippen LogP contribution in [0.3, 0.4) is 0 Å². The molecule has 3 N–H and O–H groups in total. The summed E-state index contributed by atoms with van der Waals surface area (Å²) in [5.74, 6) is -0.225. The largest absolute Gasteiger partial charge is 0.508 e. The zero-order chi connectivity index (χ0) is 22.7. The number of aromatic hydroxyl groups is 3. The zero-order valence-electron chi connectivity index (χ0n) is 18.5. The van der Waals surface area contributed by atoms with Gasteiger partial charge in [0.15, 0.2) is 5.78 Å². The Balaban J connectivity index is 1.80. The molecule has 1 atom stereocenters. The number of ether oxygens (including phenoxy) is 1. The van der Waals surface area contributed by atoms with Crippen molar-refractivity contribution >= 4 is 5.78 Å². The first kappa shape index (κ1) is 22.5. The number of Topliss-reactive ketones (excluding diaryl/α,β-unsaturated/α-hetero) is 1. The fourth-order valence-corrected chi connectivity index (χ4v) is 3.69. The quantitative estimate of drug-likeness (QED) is 0.493. The number of benzene rings is 2. The number of fused-ring (bicyclic) bond motifs is 1. The molecule has 1 aliphatic rings. The van der Waals surface area contributed by atoms with Crippen LogP contribution in [0.5, 0.6) is 23.0 Å². The van der Waals surface area contributed by atoms with Gasteiger partial charge >= 0.3 is 0 Å². The molecule has 0 saturated carbocycles. The van der Waals surface area contributed by atoms with E-state index >= 15 is 0 Å². The molecule has 2 aromatic carbocycles. The highest BCUT2D eigenvalue weighted by Gasteiger charge is 2.32. The van der Waals surface area contributed by atoms with Gasteiger partial charge < -0.3 is 20.1 Å². The number of ketones is 1. The molecule has 0 spiro atoms. The monoisotopic (exact) mass is 422 g/mol. The highest BCUT2D eigenvalue weighted by Crippen LogP contribution is 2.44. The normalized spacial score (nSPS) is 15.9. The first-order valence-electron chi connectivity index (χ1n) is 10.5. The average molecular weight is 423 g/mol. The van der Waals surface area contributed by atoms with Crippen LogP contribution >= 0.6 is 0 Å². The molecular formula is C26H30O5. The van der Waals surface area contributed by atoms with Crippen molar-refractivity contribution in [1.29, 1.82) is 0 Å². The Bertz CT molecular complexity index is 1060. The molecule has 31 heavy (non-hydrogen) atoms. The second kappa shape index (κ2) is 9.29. The number of carbonyl (C=O) groups excluding carboxylic acids is 1. The number of carbonyl (C=O) groups is 1. The maximum absolute atomic E-state index is 12.7. The number of allylic oxidation sites excluding steroid dienone is 4. The molecule has 0 fully saturated rings. The second-order valence-electron chi connectivity index (χ2n) is 8.44. The highest BCUT2D eigenvalue weighted by molar-refractivity contribution is 6.03. The topological polar surface area (TPSA) is 87.0 Å². The van der Waals surface area contributed by atoms with E-state index in [0.29, 0.717) is 6.42 Å². The lowest BCUT2D eigenvalue weighted by Crippen LogP contribution is -2.21. The number of hydrogen-bond donors (Lipinski definition) is 3. The van der Waals surface area contributed by atoms with Gasteiger partial charge in [-0.1, -0.05) is 29.4 Å². The molecular weight excluding hydrogens is 392 g/mol. The van der Waals surface area contributed by atoms with Gasteiger partial charge in [0.1, 0.15) is 34.7 Å². The van der Waals surface area contributed by atoms with Crippen LogP contribution < -0.4 is 4.74 Å². The van der Waals surface area contributed by atoms with Gasteiger partial charge in [0, 0.05) is 11.6 Å². The summed E-state index contributed by atoms with van der Waals surface area (Å²) in [6, 6.07) is 6.58. The Kier molecular flexibility index (Phi) is 6.74. The molecule has 0 saturated heterocycles. The van der Waals surface area contributed by atoms with Gasteiger partial charge in [0.05, 0.1) is 6.42 Å². The predicted molar refractivity (Wildman–Crippen MR) is 121 cm³/mol. The molecule has 164 valence electrons. The van der Waals surface area contributed by atoms with Crippen LogP contribution in [0.2, 0.25) is 0 Å². The molecule has 5 heteroatoms. The van der Waals surface area contributed by atoms with E-state index in [1.54, 1.807) is 19.1 Å². The van der Waals surface area contributed by atoms with Crippen molar-refractivity contribution in [2.75, 3.05) is 0 Å². The summed E-state index contributed by atoms with van der Waals surface area (Å²) in [6.07, 6.45) is 6.39. The number of rotatable bonds is 6. The summed E-state index contributed by atoms with van der Waals surface area (Å²) >= 11 is 0. The van der Waals surface area contributed by atoms with Gasteiger partial charge in [-0.15, -0.1) is 0 Å². The molecule has 0 unspecified atom stereocenters. The third kappa shape index (κ3) is 5.10. The van der Waals surface area contributed by atoms with Crippen molar-refractivity contribution < 1.29 is 24.9 Å². The fraction of sp³-hybridized carbons (Fsp3) is 0.346. The first-order chi connectivity index (χ1) is 14.7. The van der Waals surface area contributed by atoms with Crippen molar-refractivity contribution in [2.45, 2.75) is 59.5 Å². The molecule has 5 nitrogen and oxygen atoms in total. The van der Waals surface area contributed by atoms with E-state index in [4.69, 9.17) is 4.74 Å². The van der Waals surface area contributed by atoms with Crippen molar-refractivity contribution in [3.8, 4) is 23.0 Å². The van der Waals surface area contributed by atoms with Crippen LogP contribution in [0.25, 0.3) is 0 Å². The first-order valence-corrected chi connectivity index (χ1v) is 10.5. The summed E-state index contributed by atoms with van der Waals surface area (Å²) < 4.78 is 5.96. The molecule has 0 amide bonds. The summed E-state index contributed by atoms with van der Waals surface area (Å²) in [7, 11) is 0. The predicted octanol–water partition coefficient (Wildman–Crippen LogP) is 6.05. The van der Waals surface area contributed by atoms with E-state index in [9.17, 15) is 20.1 Å². The molecule has 1 heterocycles. The standard InChI is InChI=1S/C26H30O5/c1-15(2)6-5-7-16(3)8-9-18-12-19(10-11-20(18)27)23-14-22(29)25-24(31-23)13-21(28)17(4)26(25)30/h6,8,10-13,23,27-28,30H,5,7,9,14H2,1-4H3/b16-8+/t23-/m0/s1. The molecule has 1 aliphatic heterocycles. The van der Waals surface area contributed by atoms with Crippen molar-refractivity contribution in [3.05, 3.63) is 69.8 Å². The van der Waals surface area contributed by atoms with Crippen LogP contribution in [0, 0.1) is 6.92 Å². The lowest BCUT2D eigenvalue weighted by molar-refractivity contribution is 0.0844. The smallest absolute Gasteiger partial charge is 0.174 e. The Hall–Kier alpha value is -3.21. The Labute approximate surface area is 183 Å². The van der Waals surface area contributed by atoms with Crippen molar-refractivity contribution in [2.24, 2.45) is 0 Å². The lowest BCUT2D eigenvalue weighted by Gasteiger charge is -2.27. The number of hydrogen-bond acceptors (Lipinski definition) is 5. The SMILES string of the molecule is CC(C)=CCC/C(C)=C/Cc1cc([C@@H]2CC(=O)c3c(cc(O)c(C)c3O)O2)ccc1O. The molecule has 2 aromatic rings. The third-order valence-electron chi connectivity index (χ3n) is 5.65. The molecule has 0 aliphatic carbocycles. The summed E-state index contributed by atoms with van der Waals surface area (Å²) in [5.41, 5.74) is 4.45. The third-order valence-corrected chi connectivity index (χ3v) is 5.65. The molecule has 0 radical (unpaired) electrons. The van der Waals surface area contributed by atoms with Crippen molar-refractivity contribution in [3.63, 3.8) is 0 Å². The Morgan fingerprint density at radius 3 is 2.55 bits per heavy atom. The number of phenolic OH excluding ortho intramolecular Hbond substituents is 3. The van der Waals surface area contributed by atoms with Gasteiger partial charge in [-0.25, -0.2) is 0 Å². The number of phenols is 3. The maximum Gasteiger partial charge on any atom is 0.174 e. The van der Waals surface area contributed by atoms with E-state index in [0.717, 1.165) is 24.0 Å². The summed E-state index contributed by atoms with van der Waals surface area (Å²) in [4.78, 5) is 12.7. The lowest BCUT2D eigenvalue weighted by atomic mass is 9.92. The average Bonchev–Trinajstić information content (AvgIpc) is 2.70. The molecule has 3 rings (SSSR count). The van der Waals surface area contributed by atoms with Crippen LogP contribution in [-0.4, -0.2) is 21.1 Å². The van der Waals surface area contributed by atoms with Gasteiger partial charge in [-0.3, -0.25) is 4.79 Å².